The molecule has 0 spiro atoms. The third-order valence-electron chi connectivity index (χ3n) is 5.20. The van der Waals surface area contributed by atoms with Crippen molar-refractivity contribution in [2.75, 3.05) is 13.7 Å². The fraction of sp³-hybridized carbons (Fsp3) is 0.474. The zero-order chi connectivity index (χ0) is 17.6. The number of hydrogen-bond acceptors (Lipinski definition) is 4. The minimum absolute atomic E-state index is 0.00321. The number of rotatable bonds is 3. The fourth-order valence-corrected chi connectivity index (χ4v) is 4.11. The van der Waals surface area contributed by atoms with Crippen LogP contribution in [0.1, 0.15) is 35.7 Å². The number of ether oxygens (including phenoxy) is 2. The predicted molar refractivity (Wildman–Crippen MR) is 92.7 cm³/mol. The molecule has 0 radical (unpaired) electrons. The van der Waals surface area contributed by atoms with E-state index in [0.29, 0.717) is 6.42 Å². The van der Waals surface area contributed by atoms with Crippen LogP contribution in [0.4, 0.5) is 0 Å². The van der Waals surface area contributed by atoms with Gasteiger partial charge in [-0.15, -0.1) is 0 Å². The van der Waals surface area contributed by atoms with Crippen LogP contribution < -0.4 is 9.47 Å². The Balaban J connectivity index is 1.60. The summed E-state index contributed by atoms with van der Waals surface area (Å²) in [7, 11) is 3.52. The number of carbonyl (C=O) groups excluding carboxylic acids is 1. The summed E-state index contributed by atoms with van der Waals surface area (Å²) in [6, 6.07) is 7.88. The molecule has 1 saturated heterocycles. The van der Waals surface area contributed by atoms with Gasteiger partial charge in [0.1, 0.15) is 5.75 Å². The second kappa shape index (κ2) is 6.10. The van der Waals surface area contributed by atoms with Gasteiger partial charge in [0.25, 0.3) is 5.91 Å². The topological polar surface area (TPSA) is 56.6 Å². The van der Waals surface area contributed by atoms with Gasteiger partial charge in [0.2, 0.25) is 5.88 Å². The number of hydrogen-bond donors (Lipinski definition) is 0. The highest BCUT2D eigenvalue weighted by molar-refractivity contribution is 5.83. The standard InChI is InChI=1S/C19H23N3O3/c1-12-17(19(24-3)21(2)20-12)14-8-6-10-22(14)18(23)16-11-13-7-4-5-9-15(13)25-16/h4-5,7,9,14,16H,6,8,10-11H2,1-3H3/t14-,16+/m1/s1. The van der Waals surface area contributed by atoms with E-state index in [0.717, 1.165) is 47.8 Å². The maximum Gasteiger partial charge on any atom is 0.264 e. The Morgan fingerprint density at radius 3 is 2.92 bits per heavy atom. The van der Waals surface area contributed by atoms with Crippen LogP contribution in [0.25, 0.3) is 0 Å². The number of likely N-dealkylation sites (tertiary alicyclic amines) is 1. The van der Waals surface area contributed by atoms with Crippen molar-refractivity contribution in [1.82, 2.24) is 14.7 Å². The molecule has 132 valence electrons. The van der Waals surface area contributed by atoms with Crippen molar-refractivity contribution in [3.8, 4) is 11.6 Å². The van der Waals surface area contributed by atoms with E-state index >= 15 is 0 Å². The first-order valence-electron chi connectivity index (χ1n) is 8.72. The van der Waals surface area contributed by atoms with Gasteiger partial charge in [-0.05, 0) is 31.4 Å². The lowest BCUT2D eigenvalue weighted by Gasteiger charge is -2.27. The Labute approximate surface area is 147 Å². The van der Waals surface area contributed by atoms with Crippen LogP contribution in [0.5, 0.6) is 11.6 Å². The van der Waals surface area contributed by atoms with E-state index in [4.69, 9.17) is 9.47 Å². The molecule has 2 atom stereocenters. The highest BCUT2D eigenvalue weighted by atomic mass is 16.5. The zero-order valence-electron chi connectivity index (χ0n) is 14.9. The number of methoxy groups -OCH3 is 1. The third-order valence-corrected chi connectivity index (χ3v) is 5.20. The van der Waals surface area contributed by atoms with Crippen LogP contribution in [-0.2, 0) is 18.3 Å². The molecule has 1 aromatic carbocycles. The van der Waals surface area contributed by atoms with E-state index < -0.39 is 6.10 Å². The predicted octanol–water partition coefficient (Wildman–Crippen LogP) is 2.40. The number of carbonyl (C=O) groups is 1. The summed E-state index contributed by atoms with van der Waals surface area (Å²) in [6.07, 6.45) is 2.12. The molecule has 1 aromatic heterocycles. The first kappa shape index (κ1) is 16.0. The van der Waals surface area contributed by atoms with Crippen molar-refractivity contribution < 1.29 is 14.3 Å². The molecular formula is C19H23N3O3. The molecule has 0 aliphatic carbocycles. The Morgan fingerprint density at radius 1 is 1.36 bits per heavy atom. The van der Waals surface area contributed by atoms with Crippen LogP contribution in [0, 0.1) is 6.92 Å². The maximum absolute atomic E-state index is 13.2. The molecule has 6 nitrogen and oxygen atoms in total. The van der Waals surface area contributed by atoms with Gasteiger partial charge >= 0.3 is 0 Å². The normalized spacial score (nSPS) is 22.0. The minimum atomic E-state index is -0.430. The van der Waals surface area contributed by atoms with E-state index in [1.165, 1.54) is 0 Å². The van der Waals surface area contributed by atoms with Gasteiger partial charge in [-0.3, -0.25) is 4.79 Å². The molecule has 4 rings (SSSR count). The van der Waals surface area contributed by atoms with Crippen molar-refractivity contribution in [1.29, 1.82) is 0 Å². The first-order valence-corrected chi connectivity index (χ1v) is 8.72. The van der Waals surface area contributed by atoms with Crippen molar-refractivity contribution in [2.24, 2.45) is 7.05 Å². The Kier molecular flexibility index (Phi) is 3.90. The summed E-state index contributed by atoms with van der Waals surface area (Å²) in [5, 5.41) is 4.47. The molecule has 1 amide bonds. The SMILES string of the molecule is COc1c([C@H]2CCCN2C(=O)[C@@H]2Cc3ccccc3O2)c(C)nn1C. The molecular weight excluding hydrogens is 318 g/mol. The molecule has 1 fully saturated rings. The molecule has 6 heteroatoms. The molecule has 3 heterocycles. The highest BCUT2D eigenvalue weighted by Gasteiger charge is 2.40. The van der Waals surface area contributed by atoms with E-state index in [1.54, 1.807) is 11.8 Å². The zero-order valence-corrected chi connectivity index (χ0v) is 14.9. The lowest BCUT2D eigenvalue weighted by Crippen LogP contribution is -2.41. The Morgan fingerprint density at radius 2 is 2.16 bits per heavy atom. The van der Waals surface area contributed by atoms with Gasteiger partial charge < -0.3 is 14.4 Å². The van der Waals surface area contributed by atoms with Gasteiger partial charge in [-0.1, -0.05) is 18.2 Å². The number of nitrogens with zero attached hydrogens (tertiary/aromatic N) is 3. The summed E-state index contributed by atoms with van der Waals surface area (Å²) in [4.78, 5) is 15.1. The number of aryl methyl sites for hydroxylation is 2. The van der Waals surface area contributed by atoms with Crippen LogP contribution in [0.15, 0.2) is 24.3 Å². The van der Waals surface area contributed by atoms with Crippen LogP contribution in [0.2, 0.25) is 0 Å². The largest absolute Gasteiger partial charge is 0.481 e. The minimum Gasteiger partial charge on any atom is -0.481 e. The van der Waals surface area contributed by atoms with E-state index in [9.17, 15) is 4.79 Å². The summed E-state index contributed by atoms with van der Waals surface area (Å²) in [5.74, 6) is 1.62. The van der Waals surface area contributed by atoms with Crippen molar-refractivity contribution in [3.05, 3.63) is 41.1 Å². The molecule has 25 heavy (non-hydrogen) atoms. The number of benzene rings is 1. The summed E-state index contributed by atoms with van der Waals surface area (Å²) in [5.41, 5.74) is 3.04. The average Bonchev–Trinajstić information content (AvgIpc) is 3.30. The van der Waals surface area contributed by atoms with Crippen molar-refractivity contribution >= 4 is 5.91 Å². The molecule has 2 aliphatic rings. The summed E-state index contributed by atoms with van der Waals surface area (Å²) in [6.45, 7) is 2.72. The van der Waals surface area contributed by atoms with E-state index in [-0.39, 0.29) is 11.9 Å². The number of para-hydroxylation sites is 1. The van der Waals surface area contributed by atoms with Gasteiger partial charge in [-0.2, -0.15) is 5.10 Å². The molecule has 0 saturated carbocycles. The Hall–Kier alpha value is -2.50. The van der Waals surface area contributed by atoms with E-state index in [2.05, 4.69) is 5.10 Å². The smallest absolute Gasteiger partial charge is 0.264 e. The van der Waals surface area contributed by atoms with E-state index in [1.807, 2.05) is 43.1 Å². The fourth-order valence-electron chi connectivity index (χ4n) is 4.11. The average molecular weight is 341 g/mol. The lowest BCUT2D eigenvalue weighted by molar-refractivity contribution is -0.138. The second-order valence-electron chi connectivity index (χ2n) is 6.74. The molecule has 0 bridgehead atoms. The number of aromatic nitrogens is 2. The Bertz CT molecular complexity index is 789. The van der Waals surface area contributed by atoms with Gasteiger partial charge in [0.05, 0.1) is 24.4 Å². The summed E-state index contributed by atoms with van der Waals surface area (Å²) < 4.78 is 13.2. The molecule has 2 aromatic rings. The van der Waals surface area contributed by atoms with Crippen LogP contribution >= 0.6 is 0 Å². The third kappa shape index (κ3) is 2.56. The van der Waals surface area contributed by atoms with Gasteiger partial charge in [0, 0.05) is 20.0 Å². The van der Waals surface area contributed by atoms with Crippen molar-refractivity contribution in [3.63, 3.8) is 0 Å². The molecule has 0 N–H and O–H groups in total. The number of amides is 1. The monoisotopic (exact) mass is 341 g/mol. The second-order valence-corrected chi connectivity index (χ2v) is 6.74. The lowest BCUT2D eigenvalue weighted by atomic mass is 10.0. The van der Waals surface area contributed by atoms with Gasteiger partial charge in [0.15, 0.2) is 6.10 Å². The van der Waals surface area contributed by atoms with Crippen LogP contribution in [0.3, 0.4) is 0 Å². The summed E-state index contributed by atoms with van der Waals surface area (Å²) >= 11 is 0. The highest BCUT2D eigenvalue weighted by Crippen LogP contribution is 2.40. The van der Waals surface area contributed by atoms with Crippen molar-refractivity contribution in [2.45, 2.75) is 38.3 Å². The molecule has 0 unspecified atom stereocenters. The first-order chi connectivity index (χ1) is 12.1. The molecule has 2 aliphatic heterocycles. The quantitative estimate of drug-likeness (QED) is 0.860. The maximum atomic E-state index is 13.2. The van der Waals surface area contributed by atoms with Crippen LogP contribution in [-0.4, -0.2) is 40.3 Å². The van der Waals surface area contributed by atoms with Gasteiger partial charge in [-0.25, -0.2) is 4.68 Å². The number of fused-ring (bicyclic) bond motifs is 1.